The molecule has 3 aromatic rings. The highest BCUT2D eigenvalue weighted by atomic mass is 32.1. The van der Waals surface area contributed by atoms with E-state index in [0.29, 0.717) is 19.0 Å². The maximum Gasteiger partial charge on any atom is 0.410 e. The van der Waals surface area contributed by atoms with Crippen LogP contribution in [0.5, 0.6) is 0 Å². The first-order chi connectivity index (χ1) is 13.8. The number of aromatic nitrogens is 4. The third-order valence-corrected chi connectivity index (χ3v) is 5.77. The van der Waals surface area contributed by atoms with Crippen molar-refractivity contribution in [3.05, 3.63) is 30.7 Å². The fourth-order valence-electron chi connectivity index (χ4n) is 3.32. The first-order valence-electron chi connectivity index (χ1n) is 9.79. The average Bonchev–Trinajstić information content (AvgIpc) is 3.21. The Morgan fingerprint density at radius 1 is 1.38 bits per heavy atom. The van der Waals surface area contributed by atoms with E-state index in [1.54, 1.807) is 21.8 Å². The fourth-order valence-corrected chi connectivity index (χ4v) is 4.16. The summed E-state index contributed by atoms with van der Waals surface area (Å²) in [5.74, 6) is 0.427. The molecule has 9 heteroatoms. The highest BCUT2D eigenvalue weighted by Crippen LogP contribution is 2.27. The summed E-state index contributed by atoms with van der Waals surface area (Å²) in [5.41, 5.74) is 1.33. The molecule has 1 aliphatic heterocycles. The number of amides is 1. The first-order valence-corrected chi connectivity index (χ1v) is 10.6. The third-order valence-electron chi connectivity index (χ3n) is 4.92. The summed E-state index contributed by atoms with van der Waals surface area (Å²) in [5, 5.41) is 8.92. The Labute approximate surface area is 173 Å². The van der Waals surface area contributed by atoms with Crippen LogP contribution in [0.15, 0.2) is 30.7 Å². The topological polar surface area (TPSA) is 84.7 Å². The zero-order chi connectivity index (χ0) is 20.6. The number of piperidine rings is 1. The summed E-state index contributed by atoms with van der Waals surface area (Å²) < 4.78 is 7.31. The number of anilines is 1. The van der Waals surface area contributed by atoms with E-state index in [1.165, 1.54) is 11.3 Å². The number of fused-ring (bicyclic) bond motifs is 1. The van der Waals surface area contributed by atoms with E-state index in [0.717, 1.165) is 27.8 Å². The lowest BCUT2D eigenvalue weighted by Crippen LogP contribution is -2.50. The van der Waals surface area contributed by atoms with Crippen LogP contribution in [0.4, 0.5) is 9.93 Å². The van der Waals surface area contributed by atoms with Gasteiger partial charge in [0, 0.05) is 37.1 Å². The number of carbonyl (C=O) groups excluding carboxylic acids is 1. The molecule has 2 atom stereocenters. The lowest BCUT2D eigenvalue weighted by Gasteiger charge is -2.37. The lowest BCUT2D eigenvalue weighted by molar-refractivity contribution is 0.0176. The van der Waals surface area contributed by atoms with Crippen molar-refractivity contribution in [2.24, 2.45) is 5.92 Å². The van der Waals surface area contributed by atoms with Crippen molar-refractivity contribution in [3.63, 3.8) is 0 Å². The molecule has 154 valence electrons. The zero-order valence-electron chi connectivity index (χ0n) is 17.1. The molecule has 0 radical (unpaired) electrons. The summed E-state index contributed by atoms with van der Waals surface area (Å²) >= 11 is 1.50. The van der Waals surface area contributed by atoms with Crippen molar-refractivity contribution in [1.82, 2.24) is 24.5 Å². The summed E-state index contributed by atoms with van der Waals surface area (Å²) in [6.07, 6.45) is 6.11. The molecule has 3 aromatic heterocycles. The number of hydrogen-bond donors (Lipinski definition) is 1. The largest absolute Gasteiger partial charge is 0.444 e. The molecule has 0 aliphatic carbocycles. The van der Waals surface area contributed by atoms with Gasteiger partial charge in [0.1, 0.15) is 5.60 Å². The van der Waals surface area contributed by atoms with Gasteiger partial charge in [0.15, 0.2) is 0 Å². The number of hydrogen-bond acceptors (Lipinski definition) is 7. The molecule has 1 saturated heterocycles. The molecule has 1 aliphatic rings. The normalized spacial score (nSPS) is 20.1. The molecule has 4 heterocycles. The highest BCUT2D eigenvalue weighted by molar-refractivity contribution is 7.20. The molecule has 1 N–H and O–H groups in total. The molecule has 2 unspecified atom stereocenters. The monoisotopic (exact) mass is 414 g/mol. The van der Waals surface area contributed by atoms with Crippen LogP contribution in [0.3, 0.4) is 0 Å². The predicted octanol–water partition coefficient (Wildman–Crippen LogP) is 3.91. The van der Waals surface area contributed by atoms with Crippen molar-refractivity contribution < 1.29 is 9.53 Å². The van der Waals surface area contributed by atoms with Gasteiger partial charge in [0.2, 0.25) is 10.1 Å². The number of nitrogens with zero attached hydrogens (tertiary/aromatic N) is 5. The van der Waals surface area contributed by atoms with Crippen LogP contribution in [0.25, 0.3) is 16.2 Å². The van der Waals surface area contributed by atoms with E-state index in [1.807, 2.05) is 39.1 Å². The van der Waals surface area contributed by atoms with Gasteiger partial charge in [0.25, 0.3) is 0 Å². The molecule has 0 bridgehead atoms. The summed E-state index contributed by atoms with van der Waals surface area (Å²) in [4.78, 5) is 23.8. The Morgan fingerprint density at radius 3 is 2.90 bits per heavy atom. The maximum atomic E-state index is 12.4. The van der Waals surface area contributed by atoms with Crippen molar-refractivity contribution in [1.29, 1.82) is 0 Å². The van der Waals surface area contributed by atoms with Gasteiger partial charge in [-0.15, -0.1) is 5.10 Å². The van der Waals surface area contributed by atoms with Crippen molar-refractivity contribution in [2.75, 3.05) is 18.4 Å². The van der Waals surface area contributed by atoms with Crippen LogP contribution >= 0.6 is 11.3 Å². The van der Waals surface area contributed by atoms with E-state index in [2.05, 4.69) is 27.3 Å². The minimum atomic E-state index is -0.490. The van der Waals surface area contributed by atoms with Gasteiger partial charge in [-0.05, 0) is 45.2 Å². The Balaban J connectivity index is 1.45. The summed E-state index contributed by atoms with van der Waals surface area (Å²) in [6.45, 7) is 9.17. The van der Waals surface area contributed by atoms with Gasteiger partial charge in [0.05, 0.1) is 11.9 Å². The SMILES string of the molecule is CC1CCN(C(=O)OC(C)(C)C)CC1Nc1nn2cc(-c3cccnc3)nc2s1. The van der Waals surface area contributed by atoms with Crippen LogP contribution in [0, 0.1) is 5.92 Å². The quantitative estimate of drug-likeness (QED) is 0.699. The number of imidazole rings is 1. The molecule has 0 saturated carbocycles. The van der Waals surface area contributed by atoms with Gasteiger partial charge < -0.3 is 15.0 Å². The number of rotatable bonds is 3. The van der Waals surface area contributed by atoms with E-state index in [4.69, 9.17) is 4.74 Å². The third kappa shape index (κ3) is 4.50. The second-order valence-corrected chi connectivity index (χ2v) is 9.40. The lowest BCUT2D eigenvalue weighted by atomic mass is 9.94. The minimum absolute atomic E-state index is 0.116. The van der Waals surface area contributed by atoms with Crippen molar-refractivity contribution in [3.8, 4) is 11.3 Å². The van der Waals surface area contributed by atoms with E-state index in [9.17, 15) is 4.79 Å². The predicted molar refractivity (Wildman–Crippen MR) is 113 cm³/mol. The second-order valence-electron chi connectivity index (χ2n) is 8.45. The van der Waals surface area contributed by atoms with Gasteiger partial charge >= 0.3 is 6.09 Å². The number of ether oxygens (including phenoxy) is 1. The number of nitrogens with one attached hydrogen (secondary N) is 1. The number of carbonyl (C=O) groups is 1. The standard InChI is InChI=1S/C20H26N6O2S/c1-13-7-9-25(19(27)28-20(2,3)4)11-15(13)22-17-24-26-12-16(23-18(26)29-17)14-6-5-8-21-10-14/h5-6,8,10,12-13,15H,7,9,11H2,1-4H3,(H,22,24). The van der Waals surface area contributed by atoms with Crippen LogP contribution in [-0.2, 0) is 4.74 Å². The Hall–Kier alpha value is -2.68. The zero-order valence-corrected chi connectivity index (χ0v) is 17.9. The Morgan fingerprint density at radius 2 is 2.21 bits per heavy atom. The molecule has 1 amide bonds. The highest BCUT2D eigenvalue weighted by Gasteiger charge is 2.32. The maximum absolute atomic E-state index is 12.4. The first kappa shape index (κ1) is 19.6. The van der Waals surface area contributed by atoms with Gasteiger partial charge in [-0.25, -0.2) is 14.3 Å². The van der Waals surface area contributed by atoms with Crippen molar-refractivity contribution in [2.45, 2.75) is 45.8 Å². The molecule has 1 fully saturated rings. The molecular formula is C20H26N6O2S. The van der Waals surface area contributed by atoms with Crippen molar-refractivity contribution >= 4 is 27.5 Å². The van der Waals surface area contributed by atoms with E-state index < -0.39 is 5.60 Å². The molecular weight excluding hydrogens is 388 g/mol. The average molecular weight is 415 g/mol. The van der Waals surface area contributed by atoms with Crippen LogP contribution in [0.2, 0.25) is 0 Å². The van der Waals surface area contributed by atoms with Crippen LogP contribution < -0.4 is 5.32 Å². The van der Waals surface area contributed by atoms with Gasteiger partial charge in [-0.1, -0.05) is 18.3 Å². The fraction of sp³-hybridized carbons (Fsp3) is 0.500. The second kappa shape index (κ2) is 7.62. The number of pyridine rings is 1. The summed E-state index contributed by atoms with van der Waals surface area (Å²) in [6, 6.07) is 3.99. The molecule has 0 aromatic carbocycles. The van der Waals surface area contributed by atoms with Gasteiger partial charge in [-0.3, -0.25) is 4.98 Å². The Bertz CT molecular complexity index is 962. The minimum Gasteiger partial charge on any atom is -0.444 e. The van der Waals surface area contributed by atoms with E-state index >= 15 is 0 Å². The Kier molecular flexibility index (Phi) is 5.16. The molecule has 29 heavy (non-hydrogen) atoms. The molecule has 0 spiro atoms. The van der Waals surface area contributed by atoms with Gasteiger partial charge in [-0.2, -0.15) is 0 Å². The van der Waals surface area contributed by atoms with Crippen LogP contribution in [0.1, 0.15) is 34.1 Å². The van der Waals surface area contributed by atoms with Crippen LogP contribution in [-0.4, -0.2) is 55.3 Å². The molecule has 8 nitrogen and oxygen atoms in total. The number of likely N-dealkylation sites (tertiary alicyclic amines) is 1. The molecule has 4 rings (SSSR count). The smallest absolute Gasteiger partial charge is 0.410 e. The summed E-state index contributed by atoms with van der Waals surface area (Å²) in [7, 11) is 0. The van der Waals surface area contributed by atoms with E-state index in [-0.39, 0.29) is 12.1 Å².